The van der Waals surface area contributed by atoms with Crippen LogP contribution in [-0.2, 0) is 15.1 Å². The van der Waals surface area contributed by atoms with Crippen LogP contribution in [0, 0.1) is 0 Å². The lowest BCUT2D eigenvalue weighted by Crippen LogP contribution is -2.32. The maximum atomic E-state index is 12.7. The topological polar surface area (TPSA) is 94.1 Å². The standard InChI is InChI=1S/C20H19NO6/c1-20(13-9-14(25-2)11-15(10-13)26-3)17(23)16(22)19(27-20)21-18(24)12-7-5-4-6-8-12/h4-11,22H,1-3H3,(H,21,24). The van der Waals surface area contributed by atoms with Crippen molar-refractivity contribution < 1.29 is 28.9 Å². The quantitative estimate of drug-likeness (QED) is 0.842. The van der Waals surface area contributed by atoms with Crippen LogP contribution in [0.25, 0.3) is 0 Å². The smallest absolute Gasteiger partial charge is 0.258 e. The monoisotopic (exact) mass is 369 g/mol. The Labute approximate surface area is 156 Å². The minimum atomic E-state index is -1.54. The van der Waals surface area contributed by atoms with Crippen LogP contribution in [0.5, 0.6) is 11.5 Å². The third-order valence-electron chi connectivity index (χ3n) is 4.33. The highest BCUT2D eigenvalue weighted by atomic mass is 16.5. The van der Waals surface area contributed by atoms with Crippen molar-refractivity contribution in [3.8, 4) is 11.5 Å². The molecule has 1 unspecified atom stereocenters. The summed E-state index contributed by atoms with van der Waals surface area (Å²) in [7, 11) is 2.97. The summed E-state index contributed by atoms with van der Waals surface area (Å²) < 4.78 is 16.1. The van der Waals surface area contributed by atoms with Crippen molar-refractivity contribution in [2.24, 2.45) is 0 Å². The summed E-state index contributed by atoms with van der Waals surface area (Å²) >= 11 is 0. The van der Waals surface area contributed by atoms with Crippen molar-refractivity contribution in [2.45, 2.75) is 12.5 Å². The number of carbonyl (C=O) groups excluding carboxylic acids is 2. The van der Waals surface area contributed by atoms with Crippen LogP contribution in [0.2, 0.25) is 0 Å². The minimum absolute atomic E-state index is 0.293. The van der Waals surface area contributed by atoms with Gasteiger partial charge in [0.2, 0.25) is 11.6 Å². The van der Waals surface area contributed by atoms with Gasteiger partial charge in [0.05, 0.1) is 14.2 Å². The lowest BCUT2D eigenvalue weighted by atomic mass is 9.91. The van der Waals surface area contributed by atoms with Crippen LogP contribution in [0.3, 0.4) is 0 Å². The van der Waals surface area contributed by atoms with Gasteiger partial charge in [0.25, 0.3) is 11.7 Å². The lowest BCUT2D eigenvalue weighted by Gasteiger charge is -2.24. The normalized spacial score (nSPS) is 18.9. The maximum Gasteiger partial charge on any atom is 0.258 e. The molecule has 3 rings (SSSR count). The van der Waals surface area contributed by atoms with Gasteiger partial charge in [-0.15, -0.1) is 0 Å². The van der Waals surface area contributed by atoms with E-state index in [0.717, 1.165) is 0 Å². The van der Waals surface area contributed by atoms with E-state index >= 15 is 0 Å². The summed E-state index contributed by atoms with van der Waals surface area (Å²) in [6.45, 7) is 1.50. The van der Waals surface area contributed by atoms with E-state index in [-0.39, 0.29) is 5.88 Å². The first-order valence-corrected chi connectivity index (χ1v) is 8.16. The zero-order valence-corrected chi connectivity index (χ0v) is 15.1. The number of benzene rings is 2. The first-order valence-electron chi connectivity index (χ1n) is 8.16. The molecular formula is C20H19NO6. The second kappa shape index (κ2) is 7.03. The van der Waals surface area contributed by atoms with Gasteiger partial charge in [-0.25, -0.2) is 0 Å². The van der Waals surface area contributed by atoms with E-state index in [2.05, 4.69) is 5.32 Å². The predicted molar refractivity (Wildman–Crippen MR) is 96.6 cm³/mol. The molecule has 7 heteroatoms. The Morgan fingerprint density at radius 2 is 1.67 bits per heavy atom. The Kier molecular flexibility index (Phi) is 4.77. The second-order valence-electron chi connectivity index (χ2n) is 6.06. The van der Waals surface area contributed by atoms with Crippen molar-refractivity contribution in [1.82, 2.24) is 5.32 Å². The zero-order chi connectivity index (χ0) is 19.6. The number of Topliss-reactive ketones (excluding diaryl/α,β-unsaturated/α-hetero) is 1. The fourth-order valence-corrected chi connectivity index (χ4v) is 2.75. The van der Waals surface area contributed by atoms with Crippen LogP contribution in [0.15, 0.2) is 60.2 Å². The highest BCUT2D eigenvalue weighted by molar-refractivity contribution is 6.04. The van der Waals surface area contributed by atoms with Gasteiger partial charge in [-0.1, -0.05) is 18.2 Å². The SMILES string of the molecule is COc1cc(OC)cc(C2(C)OC(NC(=O)c3ccccc3)=C(O)C2=O)c1. The fraction of sp³-hybridized carbons (Fsp3) is 0.200. The van der Waals surface area contributed by atoms with Crippen molar-refractivity contribution in [2.75, 3.05) is 14.2 Å². The summed E-state index contributed by atoms with van der Waals surface area (Å²) in [5.74, 6) is -1.20. The molecule has 7 nitrogen and oxygen atoms in total. The van der Waals surface area contributed by atoms with Gasteiger partial charge in [0.15, 0.2) is 5.60 Å². The van der Waals surface area contributed by atoms with Crippen molar-refractivity contribution in [3.05, 3.63) is 71.3 Å². The van der Waals surface area contributed by atoms with Gasteiger partial charge >= 0.3 is 0 Å². The molecule has 1 aliphatic heterocycles. The molecular weight excluding hydrogens is 350 g/mol. The van der Waals surface area contributed by atoms with Gasteiger partial charge in [-0.3, -0.25) is 14.9 Å². The van der Waals surface area contributed by atoms with Crippen LogP contribution >= 0.6 is 0 Å². The lowest BCUT2D eigenvalue weighted by molar-refractivity contribution is -0.131. The number of aliphatic hydroxyl groups is 1. The van der Waals surface area contributed by atoms with E-state index in [4.69, 9.17) is 14.2 Å². The van der Waals surface area contributed by atoms with E-state index in [0.29, 0.717) is 22.6 Å². The molecule has 0 aromatic heterocycles. The van der Waals surface area contributed by atoms with E-state index < -0.39 is 23.1 Å². The molecule has 2 aromatic carbocycles. The van der Waals surface area contributed by atoms with Crippen molar-refractivity contribution >= 4 is 11.7 Å². The maximum absolute atomic E-state index is 12.7. The third-order valence-corrected chi connectivity index (χ3v) is 4.33. The molecule has 1 amide bonds. The summed E-state index contributed by atoms with van der Waals surface area (Å²) in [4.78, 5) is 25.0. The van der Waals surface area contributed by atoms with Crippen LogP contribution < -0.4 is 14.8 Å². The number of ketones is 1. The van der Waals surface area contributed by atoms with Crippen molar-refractivity contribution in [1.29, 1.82) is 0 Å². The highest BCUT2D eigenvalue weighted by Crippen LogP contribution is 2.40. The molecule has 1 atom stereocenters. The van der Waals surface area contributed by atoms with E-state index in [1.54, 1.807) is 48.5 Å². The summed E-state index contributed by atoms with van der Waals surface area (Å²) in [6.07, 6.45) is 0. The van der Waals surface area contributed by atoms with Crippen LogP contribution in [-0.4, -0.2) is 31.0 Å². The molecule has 140 valence electrons. The van der Waals surface area contributed by atoms with Crippen LogP contribution in [0.4, 0.5) is 0 Å². The fourth-order valence-electron chi connectivity index (χ4n) is 2.75. The largest absolute Gasteiger partial charge is 0.501 e. The highest BCUT2D eigenvalue weighted by Gasteiger charge is 2.48. The van der Waals surface area contributed by atoms with E-state index in [1.165, 1.54) is 21.1 Å². The molecule has 0 aliphatic carbocycles. The number of ether oxygens (including phenoxy) is 3. The number of carbonyl (C=O) groups is 2. The van der Waals surface area contributed by atoms with Gasteiger partial charge in [0.1, 0.15) is 11.5 Å². The summed E-state index contributed by atoms with van der Waals surface area (Å²) in [5, 5.41) is 12.7. The number of hydrogen-bond acceptors (Lipinski definition) is 6. The molecule has 0 saturated carbocycles. The number of aliphatic hydroxyl groups excluding tert-OH is 1. The molecule has 0 fully saturated rings. The Morgan fingerprint density at radius 3 is 2.22 bits per heavy atom. The number of hydrogen-bond donors (Lipinski definition) is 2. The van der Waals surface area contributed by atoms with E-state index in [1.807, 2.05) is 0 Å². The molecule has 1 aliphatic rings. The number of methoxy groups -OCH3 is 2. The molecule has 2 N–H and O–H groups in total. The predicted octanol–water partition coefficient (Wildman–Crippen LogP) is 2.68. The number of rotatable bonds is 5. The summed E-state index contributed by atoms with van der Waals surface area (Å²) in [5.41, 5.74) is -0.754. The Hall–Kier alpha value is -3.48. The Balaban J connectivity index is 1.90. The van der Waals surface area contributed by atoms with Gasteiger partial charge in [-0.2, -0.15) is 0 Å². The number of nitrogens with one attached hydrogen (secondary N) is 1. The zero-order valence-electron chi connectivity index (χ0n) is 15.1. The molecule has 0 saturated heterocycles. The minimum Gasteiger partial charge on any atom is -0.501 e. The van der Waals surface area contributed by atoms with Gasteiger partial charge in [-0.05, 0) is 31.2 Å². The average molecular weight is 369 g/mol. The van der Waals surface area contributed by atoms with Crippen molar-refractivity contribution in [3.63, 3.8) is 0 Å². The first-order chi connectivity index (χ1) is 12.9. The molecule has 1 heterocycles. The van der Waals surface area contributed by atoms with Gasteiger partial charge < -0.3 is 19.3 Å². The molecule has 0 radical (unpaired) electrons. The molecule has 0 spiro atoms. The Bertz CT molecular complexity index is 899. The Morgan fingerprint density at radius 1 is 1.07 bits per heavy atom. The molecule has 0 bridgehead atoms. The molecule has 2 aromatic rings. The van der Waals surface area contributed by atoms with E-state index in [9.17, 15) is 14.7 Å². The van der Waals surface area contributed by atoms with Gasteiger partial charge in [0, 0.05) is 17.2 Å². The second-order valence-corrected chi connectivity index (χ2v) is 6.06. The number of amides is 1. The average Bonchev–Trinajstić information content (AvgIpc) is 2.92. The summed E-state index contributed by atoms with van der Waals surface area (Å²) in [6, 6.07) is 13.3. The first kappa shape index (κ1) is 18.3. The molecule has 27 heavy (non-hydrogen) atoms. The third kappa shape index (κ3) is 3.31. The van der Waals surface area contributed by atoms with Crippen LogP contribution in [0.1, 0.15) is 22.8 Å².